The van der Waals surface area contributed by atoms with Crippen LogP contribution in [0.15, 0.2) is 35.7 Å². The summed E-state index contributed by atoms with van der Waals surface area (Å²) in [6, 6.07) is 8.40. The summed E-state index contributed by atoms with van der Waals surface area (Å²) in [5.41, 5.74) is 0.575. The normalized spacial score (nSPS) is 12.4. The molecule has 1 unspecified atom stereocenters. The average molecular weight is 238 g/mol. The van der Waals surface area contributed by atoms with Gasteiger partial charge in [0, 0.05) is 5.56 Å². The van der Waals surface area contributed by atoms with Crippen molar-refractivity contribution in [2.75, 3.05) is 7.11 Å². The van der Waals surface area contributed by atoms with Gasteiger partial charge in [-0.3, -0.25) is 0 Å². The number of halogens is 1. The first-order valence-corrected chi connectivity index (χ1v) is 5.66. The van der Waals surface area contributed by atoms with Gasteiger partial charge in [0.05, 0.1) is 12.0 Å². The van der Waals surface area contributed by atoms with E-state index in [0.29, 0.717) is 16.2 Å². The second kappa shape index (κ2) is 4.63. The van der Waals surface area contributed by atoms with Crippen LogP contribution in [0.3, 0.4) is 0 Å². The van der Waals surface area contributed by atoms with Crippen molar-refractivity contribution in [2.45, 2.75) is 6.10 Å². The lowest BCUT2D eigenvalue weighted by Crippen LogP contribution is -2.01. The van der Waals surface area contributed by atoms with Gasteiger partial charge >= 0.3 is 0 Å². The Balaban J connectivity index is 2.41. The Labute approximate surface area is 96.9 Å². The Hall–Kier alpha value is -1.39. The fourth-order valence-electron chi connectivity index (χ4n) is 1.53. The Bertz CT molecular complexity index is 481. The van der Waals surface area contributed by atoms with Gasteiger partial charge in [-0.1, -0.05) is 18.2 Å². The maximum Gasteiger partial charge on any atom is 0.140 e. The van der Waals surface area contributed by atoms with E-state index in [4.69, 9.17) is 4.74 Å². The summed E-state index contributed by atoms with van der Waals surface area (Å²) in [6.45, 7) is 0. The van der Waals surface area contributed by atoms with Crippen molar-refractivity contribution in [3.05, 3.63) is 52.0 Å². The van der Waals surface area contributed by atoms with Crippen LogP contribution in [0, 0.1) is 5.82 Å². The van der Waals surface area contributed by atoms with Crippen molar-refractivity contribution >= 4 is 11.3 Å². The second-order valence-corrected chi connectivity index (χ2v) is 4.22. The molecule has 2 nitrogen and oxygen atoms in total. The quantitative estimate of drug-likeness (QED) is 0.890. The topological polar surface area (TPSA) is 29.5 Å². The van der Waals surface area contributed by atoms with Crippen LogP contribution in [0.5, 0.6) is 5.75 Å². The van der Waals surface area contributed by atoms with E-state index in [-0.39, 0.29) is 5.82 Å². The molecule has 2 aromatic rings. The predicted octanol–water partition coefficient (Wildman–Crippen LogP) is 2.98. The third kappa shape index (κ3) is 1.94. The summed E-state index contributed by atoms with van der Waals surface area (Å²) in [7, 11) is 1.52. The fourth-order valence-corrected chi connectivity index (χ4v) is 2.30. The average Bonchev–Trinajstić information content (AvgIpc) is 2.74. The summed E-state index contributed by atoms with van der Waals surface area (Å²) in [5.74, 6) is 0.172. The summed E-state index contributed by atoms with van der Waals surface area (Å²) < 4.78 is 18.5. The molecule has 0 saturated heterocycles. The zero-order chi connectivity index (χ0) is 11.5. The molecule has 0 spiro atoms. The van der Waals surface area contributed by atoms with E-state index in [0.717, 1.165) is 0 Å². The van der Waals surface area contributed by atoms with Crippen LogP contribution in [0.2, 0.25) is 0 Å². The SMILES string of the molecule is COc1ccccc1C(O)c1sccc1F. The van der Waals surface area contributed by atoms with Gasteiger partial charge in [0.2, 0.25) is 0 Å². The van der Waals surface area contributed by atoms with E-state index in [1.54, 1.807) is 29.6 Å². The van der Waals surface area contributed by atoms with E-state index < -0.39 is 6.10 Å². The maximum absolute atomic E-state index is 13.3. The Kier molecular flexibility index (Phi) is 3.22. The number of benzene rings is 1. The number of para-hydroxylation sites is 1. The van der Waals surface area contributed by atoms with Gasteiger partial charge < -0.3 is 9.84 Å². The molecule has 0 radical (unpaired) electrons. The number of ether oxygens (including phenoxy) is 1. The third-order valence-corrected chi connectivity index (χ3v) is 3.27. The number of hydrogen-bond acceptors (Lipinski definition) is 3. The number of rotatable bonds is 3. The molecule has 1 heterocycles. The van der Waals surface area contributed by atoms with Crippen LogP contribution in [0.1, 0.15) is 16.5 Å². The highest BCUT2D eigenvalue weighted by Gasteiger charge is 2.19. The fraction of sp³-hybridized carbons (Fsp3) is 0.167. The van der Waals surface area contributed by atoms with Crippen LogP contribution >= 0.6 is 11.3 Å². The second-order valence-electron chi connectivity index (χ2n) is 3.28. The van der Waals surface area contributed by atoms with Crippen LogP contribution < -0.4 is 4.74 Å². The van der Waals surface area contributed by atoms with E-state index in [2.05, 4.69) is 0 Å². The molecule has 84 valence electrons. The third-order valence-electron chi connectivity index (χ3n) is 2.33. The molecule has 1 aromatic heterocycles. The monoisotopic (exact) mass is 238 g/mol. The minimum absolute atomic E-state index is 0.310. The molecule has 0 aliphatic rings. The van der Waals surface area contributed by atoms with Crippen LogP contribution in [0.4, 0.5) is 4.39 Å². The lowest BCUT2D eigenvalue weighted by Gasteiger charge is -2.13. The molecule has 0 fully saturated rings. The molecule has 1 N–H and O–H groups in total. The van der Waals surface area contributed by atoms with Crippen molar-refractivity contribution in [2.24, 2.45) is 0 Å². The first-order chi connectivity index (χ1) is 7.74. The first-order valence-electron chi connectivity index (χ1n) is 4.78. The standard InChI is InChI=1S/C12H11FO2S/c1-15-10-5-3-2-4-8(10)11(14)12-9(13)6-7-16-12/h2-7,11,14H,1H3. The number of thiophene rings is 1. The Morgan fingerprint density at radius 2 is 2.06 bits per heavy atom. The van der Waals surface area contributed by atoms with Crippen molar-refractivity contribution in [1.29, 1.82) is 0 Å². The summed E-state index contributed by atoms with van der Waals surface area (Å²) >= 11 is 1.19. The van der Waals surface area contributed by atoms with Gasteiger partial charge in [-0.15, -0.1) is 11.3 Å². The van der Waals surface area contributed by atoms with Crippen LogP contribution in [-0.2, 0) is 0 Å². The van der Waals surface area contributed by atoms with Gasteiger partial charge in [-0.25, -0.2) is 4.39 Å². The van der Waals surface area contributed by atoms with Crippen molar-refractivity contribution < 1.29 is 14.2 Å². The zero-order valence-corrected chi connectivity index (χ0v) is 9.50. The number of hydrogen-bond donors (Lipinski definition) is 1. The van der Waals surface area contributed by atoms with Crippen molar-refractivity contribution in [3.63, 3.8) is 0 Å². The summed E-state index contributed by atoms with van der Waals surface area (Å²) in [4.78, 5) is 0.310. The lowest BCUT2D eigenvalue weighted by atomic mass is 10.1. The minimum Gasteiger partial charge on any atom is -0.496 e. The van der Waals surface area contributed by atoms with E-state index in [1.807, 2.05) is 0 Å². The minimum atomic E-state index is -0.976. The molecule has 1 aromatic carbocycles. The Morgan fingerprint density at radius 1 is 1.31 bits per heavy atom. The van der Waals surface area contributed by atoms with E-state index in [1.165, 1.54) is 24.5 Å². The number of aliphatic hydroxyl groups is 1. The molecular weight excluding hydrogens is 227 g/mol. The highest BCUT2D eigenvalue weighted by Crippen LogP contribution is 2.33. The summed E-state index contributed by atoms with van der Waals surface area (Å²) in [6.07, 6.45) is -0.976. The molecule has 0 aliphatic heterocycles. The molecule has 0 bridgehead atoms. The molecule has 16 heavy (non-hydrogen) atoms. The molecule has 0 amide bonds. The van der Waals surface area contributed by atoms with Gasteiger partial charge in [-0.2, -0.15) is 0 Å². The van der Waals surface area contributed by atoms with Crippen molar-refractivity contribution in [3.8, 4) is 5.75 Å². The predicted molar refractivity (Wildman–Crippen MR) is 61.3 cm³/mol. The molecule has 0 aliphatic carbocycles. The molecule has 4 heteroatoms. The Morgan fingerprint density at radius 3 is 2.69 bits per heavy atom. The molecule has 2 rings (SSSR count). The zero-order valence-electron chi connectivity index (χ0n) is 8.68. The van der Waals surface area contributed by atoms with E-state index in [9.17, 15) is 9.50 Å². The van der Waals surface area contributed by atoms with Gasteiger partial charge in [0.15, 0.2) is 0 Å². The molecule has 1 atom stereocenters. The largest absolute Gasteiger partial charge is 0.496 e. The summed E-state index contributed by atoms with van der Waals surface area (Å²) in [5, 5.41) is 11.7. The van der Waals surface area contributed by atoms with Crippen molar-refractivity contribution in [1.82, 2.24) is 0 Å². The highest BCUT2D eigenvalue weighted by atomic mass is 32.1. The van der Waals surface area contributed by atoms with Crippen LogP contribution in [-0.4, -0.2) is 12.2 Å². The molecule has 0 saturated carbocycles. The first kappa shape index (κ1) is 11.1. The lowest BCUT2D eigenvalue weighted by molar-refractivity contribution is 0.214. The van der Waals surface area contributed by atoms with E-state index >= 15 is 0 Å². The van der Waals surface area contributed by atoms with Gasteiger partial charge in [0.25, 0.3) is 0 Å². The number of methoxy groups -OCH3 is 1. The smallest absolute Gasteiger partial charge is 0.140 e. The highest BCUT2D eigenvalue weighted by molar-refractivity contribution is 7.10. The maximum atomic E-state index is 13.3. The molecular formula is C12H11FO2S. The van der Waals surface area contributed by atoms with Gasteiger partial charge in [-0.05, 0) is 17.5 Å². The number of aliphatic hydroxyl groups excluding tert-OH is 1. The van der Waals surface area contributed by atoms with Gasteiger partial charge in [0.1, 0.15) is 17.7 Å². The van der Waals surface area contributed by atoms with Crippen LogP contribution in [0.25, 0.3) is 0 Å².